The van der Waals surface area contributed by atoms with Crippen LogP contribution in [0.5, 0.6) is 5.75 Å². The van der Waals surface area contributed by atoms with Gasteiger partial charge in [0.15, 0.2) is 0 Å². The van der Waals surface area contributed by atoms with Gasteiger partial charge in [-0.3, -0.25) is 4.79 Å². The number of morpholine rings is 1. The SMILES string of the molecule is COc1cccc(C(=O)Nc2ccc(Cl)c(S(=O)(=O)N3CCOCC3)c2)c1. The summed E-state index contributed by atoms with van der Waals surface area (Å²) < 4.78 is 37.3. The number of rotatable bonds is 5. The molecular weight excluding hydrogens is 392 g/mol. The van der Waals surface area contributed by atoms with E-state index < -0.39 is 10.0 Å². The van der Waals surface area contributed by atoms with Crippen LogP contribution in [0.3, 0.4) is 0 Å². The van der Waals surface area contributed by atoms with Crippen molar-refractivity contribution < 1.29 is 22.7 Å². The van der Waals surface area contributed by atoms with Crippen LogP contribution >= 0.6 is 11.6 Å². The van der Waals surface area contributed by atoms with Crippen LogP contribution in [0.4, 0.5) is 5.69 Å². The topological polar surface area (TPSA) is 84.9 Å². The molecule has 0 aromatic heterocycles. The summed E-state index contributed by atoms with van der Waals surface area (Å²) in [6.45, 7) is 1.20. The van der Waals surface area contributed by atoms with Crippen LogP contribution in [0.25, 0.3) is 0 Å². The average Bonchev–Trinajstić information content (AvgIpc) is 2.70. The molecule has 0 bridgehead atoms. The first-order chi connectivity index (χ1) is 12.9. The van der Waals surface area contributed by atoms with Crippen molar-refractivity contribution in [3.05, 3.63) is 53.1 Å². The number of sulfonamides is 1. The van der Waals surface area contributed by atoms with Crippen molar-refractivity contribution in [3.8, 4) is 5.75 Å². The quantitative estimate of drug-likeness (QED) is 0.819. The number of nitrogens with one attached hydrogen (secondary N) is 1. The number of carbonyl (C=O) groups excluding carboxylic acids is 1. The molecule has 1 N–H and O–H groups in total. The van der Waals surface area contributed by atoms with Gasteiger partial charge in [-0.15, -0.1) is 0 Å². The van der Waals surface area contributed by atoms with Crippen LogP contribution in [0.1, 0.15) is 10.4 Å². The molecule has 0 radical (unpaired) electrons. The van der Waals surface area contributed by atoms with E-state index in [2.05, 4.69) is 5.32 Å². The standard InChI is InChI=1S/C18H19ClN2O5S/c1-25-15-4-2-3-13(11-15)18(22)20-14-5-6-16(19)17(12-14)27(23,24)21-7-9-26-10-8-21/h2-6,11-12H,7-10H2,1H3,(H,20,22). The number of amides is 1. The summed E-state index contributed by atoms with van der Waals surface area (Å²) in [5.41, 5.74) is 0.723. The molecule has 144 valence electrons. The number of hydrogen-bond donors (Lipinski definition) is 1. The molecule has 3 rings (SSSR count). The smallest absolute Gasteiger partial charge is 0.255 e. The highest BCUT2D eigenvalue weighted by Gasteiger charge is 2.28. The fourth-order valence-electron chi connectivity index (χ4n) is 2.67. The Hall–Kier alpha value is -2.13. The van der Waals surface area contributed by atoms with E-state index in [0.29, 0.717) is 30.2 Å². The molecule has 1 fully saturated rings. The lowest BCUT2D eigenvalue weighted by Gasteiger charge is -2.26. The molecule has 7 nitrogen and oxygen atoms in total. The molecule has 1 aliphatic heterocycles. The van der Waals surface area contributed by atoms with Gasteiger partial charge in [-0.05, 0) is 36.4 Å². The second-order valence-corrected chi connectivity index (χ2v) is 8.16. The summed E-state index contributed by atoms with van der Waals surface area (Å²) in [5.74, 6) is 0.167. The van der Waals surface area contributed by atoms with Crippen molar-refractivity contribution in [2.45, 2.75) is 4.90 Å². The summed E-state index contributed by atoms with van der Waals surface area (Å²) >= 11 is 6.13. The van der Waals surface area contributed by atoms with Gasteiger partial charge < -0.3 is 14.8 Å². The maximum Gasteiger partial charge on any atom is 0.255 e. The highest BCUT2D eigenvalue weighted by atomic mass is 35.5. The van der Waals surface area contributed by atoms with Gasteiger partial charge >= 0.3 is 0 Å². The lowest BCUT2D eigenvalue weighted by molar-refractivity contribution is 0.0730. The van der Waals surface area contributed by atoms with E-state index in [4.69, 9.17) is 21.1 Å². The number of ether oxygens (including phenoxy) is 2. The van der Waals surface area contributed by atoms with Crippen molar-refractivity contribution >= 4 is 33.2 Å². The van der Waals surface area contributed by atoms with Gasteiger partial charge in [0.2, 0.25) is 10.0 Å². The molecule has 27 heavy (non-hydrogen) atoms. The van der Waals surface area contributed by atoms with Crippen molar-refractivity contribution in [1.82, 2.24) is 4.31 Å². The maximum atomic E-state index is 12.9. The summed E-state index contributed by atoms with van der Waals surface area (Å²) in [5, 5.41) is 2.79. The summed E-state index contributed by atoms with van der Waals surface area (Å²) in [4.78, 5) is 12.4. The Morgan fingerprint density at radius 3 is 2.63 bits per heavy atom. The van der Waals surface area contributed by atoms with E-state index in [0.717, 1.165) is 0 Å². The number of hydrogen-bond acceptors (Lipinski definition) is 5. The molecule has 9 heteroatoms. The second-order valence-electron chi connectivity index (χ2n) is 5.85. The van der Waals surface area contributed by atoms with E-state index in [1.54, 1.807) is 30.3 Å². The van der Waals surface area contributed by atoms with E-state index in [1.807, 2.05) is 0 Å². The van der Waals surface area contributed by atoms with Gasteiger partial charge in [0, 0.05) is 24.3 Å². The predicted octanol–water partition coefficient (Wildman–Crippen LogP) is 2.62. The fourth-order valence-corrected chi connectivity index (χ4v) is 4.58. The zero-order valence-corrected chi connectivity index (χ0v) is 16.2. The van der Waals surface area contributed by atoms with Gasteiger partial charge in [0.05, 0.1) is 25.3 Å². The molecule has 1 amide bonds. The largest absolute Gasteiger partial charge is 0.497 e. The third kappa shape index (κ3) is 4.41. The van der Waals surface area contributed by atoms with E-state index in [9.17, 15) is 13.2 Å². The fraction of sp³-hybridized carbons (Fsp3) is 0.278. The first-order valence-corrected chi connectivity index (χ1v) is 10.1. The van der Waals surface area contributed by atoms with Crippen LogP contribution in [0.2, 0.25) is 5.02 Å². The molecule has 0 spiro atoms. The Balaban J connectivity index is 1.85. The third-order valence-electron chi connectivity index (χ3n) is 4.11. The Morgan fingerprint density at radius 2 is 1.93 bits per heavy atom. The number of methoxy groups -OCH3 is 1. The van der Waals surface area contributed by atoms with Crippen molar-refractivity contribution in [3.63, 3.8) is 0 Å². The average molecular weight is 411 g/mol. The zero-order valence-electron chi connectivity index (χ0n) is 14.6. The highest BCUT2D eigenvalue weighted by molar-refractivity contribution is 7.89. The van der Waals surface area contributed by atoms with Gasteiger partial charge in [0.25, 0.3) is 5.91 Å². The first kappa shape index (κ1) is 19.6. The summed E-state index contributed by atoms with van der Waals surface area (Å²) in [6, 6.07) is 11.0. The van der Waals surface area contributed by atoms with Crippen LogP contribution in [-0.2, 0) is 14.8 Å². The molecule has 0 unspecified atom stereocenters. The van der Waals surface area contributed by atoms with Crippen LogP contribution in [0, 0.1) is 0 Å². The van der Waals surface area contributed by atoms with Crippen LogP contribution < -0.4 is 10.1 Å². The number of benzene rings is 2. The minimum atomic E-state index is -3.78. The monoisotopic (exact) mass is 410 g/mol. The van der Waals surface area contributed by atoms with E-state index in [1.165, 1.54) is 23.5 Å². The molecule has 1 saturated heterocycles. The molecule has 1 heterocycles. The number of nitrogens with zero attached hydrogens (tertiary/aromatic N) is 1. The molecular formula is C18H19ClN2O5S. The molecule has 2 aromatic carbocycles. The van der Waals surface area contributed by atoms with E-state index >= 15 is 0 Å². The van der Waals surface area contributed by atoms with Gasteiger partial charge in [0.1, 0.15) is 10.6 Å². The summed E-state index contributed by atoms with van der Waals surface area (Å²) in [7, 11) is -2.26. The number of halogens is 1. The molecule has 2 aromatic rings. The molecule has 0 atom stereocenters. The molecule has 0 aliphatic carbocycles. The number of anilines is 1. The number of carbonyl (C=O) groups is 1. The predicted molar refractivity (Wildman–Crippen MR) is 102 cm³/mol. The highest BCUT2D eigenvalue weighted by Crippen LogP contribution is 2.28. The van der Waals surface area contributed by atoms with Gasteiger partial charge in [-0.1, -0.05) is 17.7 Å². The van der Waals surface area contributed by atoms with Crippen molar-refractivity contribution in [2.75, 3.05) is 38.7 Å². The van der Waals surface area contributed by atoms with Gasteiger partial charge in [-0.25, -0.2) is 8.42 Å². The zero-order chi connectivity index (χ0) is 19.4. The Morgan fingerprint density at radius 1 is 1.19 bits per heavy atom. The lowest BCUT2D eigenvalue weighted by Crippen LogP contribution is -2.40. The van der Waals surface area contributed by atoms with Crippen molar-refractivity contribution in [1.29, 1.82) is 0 Å². The van der Waals surface area contributed by atoms with Gasteiger partial charge in [-0.2, -0.15) is 4.31 Å². The Kier molecular flexibility index (Phi) is 6.01. The maximum absolute atomic E-state index is 12.9. The van der Waals surface area contributed by atoms with Crippen LogP contribution in [-0.4, -0.2) is 52.0 Å². The summed E-state index contributed by atoms with van der Waals surface area (Å²) in [6.07, 6.45) is 0. The lowest BCUT2D eigenvalue weighted by atomic mass is 10.2. The normalized spacial score (nSPS) is 15.3. The Bertz CT molecular complexity index is 943. The Labute approximate surface area is 162 Å². The van der Waals surface area contributed by atoms with Crippen LogP contribution in [0.15, 0.2) is 47.4 Å². The first-order valence-electron chi connectivity index (χ1n) is 8.24. The second kappa shape index (κ2) is 8.26. The van der Waals surface area contributed by atoms with Crippen molar-refractivity contribution in [2.24, 2.45) is 0 Å². The third-order valence-corrected chi connectivity index (χ3v) is 6.49. The minimum Gasteiger partial charge on any atom is -0.497 e. The molecule has 1 aliphatic rings. The molecule has 0 saturated carbocycles. The van der Waals surface area contributed by atoms with E-state index in [-0.39, 0.29) is 28.9 Å². The minimum absolute atomic E-state index is 0.0468.